The average molecular weight is 244 g/mol. The first-order chi connectivity index (χ1) is 7.25. The smallest absolute Gasteiger partial charge is 0.0627 e. The van der Waals surface area contributed by atoms with Crippen LogP contribution in [0.2, 0.25) is 5.02 Å². The van der Waals surface area contributed by atoms with Crippen LogP contribution in [0, 0.1) is 5.92 Å². The van der Waals surface area contributed by atoms with Gasteiger partial charge >= 0.3 is 0 Å². The Labute approximate surface area is 98.4 Å². The van der Waals surface area contributed by atoms with Crippen LogP contribution >= 0.6 is 22.9 Å². The molecule has 2 N–H and O–H groups in total. The third-order valence-corrected chi connectivity index (χ3v) is 5.02. The first-order valence-electron chi connectivity index (χ1n) is 5.39. The van der Waals surface area contributed by atoms with Gasteiger partial charge in [-0.1, -0.05) is 11.6 Å². The predicted octanol–water partition coefficient (Wildman–Crippen LogP) is 2.97. The monoisotopic (exact) mass is 243 g/mol. The fourth-order valence-electron chi connectivity index (χ4n) is 2.79. The quantitative estimate of drug-likeness (QED) is 0.867. The molecule has 15 heavy (non-hydrogen) atoms. The van der Waals surface area contributed by atoms with Crippen molar-refractivity contribution in [1.29, 1.82) is 0 Å². The van der Waals surface area contributed by atoms with Crippen molar-refractivity contribution in [3.05, 3.63) is 21.3 Å². The van der Waals surface area contributed by atoms with Crippen molar-refractivity contribution in [3.63, 3.8) is 0 Å². The van der Waals surface area contributed by atoms with E-state index in [4.69, 9.17) is 22.1 Å². The molecule has 2 saturated heterocycles. The number of hydrogen-bond donors (Lipinski definition) is 1. The zero-order valence-corrected chi connectivity index (χ0v) is 9.93. The zero-order chi connectivity index (χ0) is 10.4. The van der Waals surface area contributed by atoms with Crippen molar-refractivity contribution in [3.8, 4) is 0 Å². The highest BCUT2D eigenvalue weighted by Gasteiger charge is 2.44. The summed E-state index contributed by atoms with van der Waals surface area (Å²) in [6, 6.07) is 1.99. The number of rotatable bonds is 2. The third kappa shape index (κ3) is 1.62. The summed E-state index contributed by atoms with van der Waals surface area (Å²) in [6.07, 6.45) is 4.34. The van der Waals surface area contributed by atoms with Gasteiger partial charge in [-0.2, -0.15) is 0 Å². The van der Waals surface area contributed by atoms with Crippen LogP contribution in [-0.2, 0) is 4.74 Å². The van der Waals surface area contributed by atoms with Gasteiger partial charge in [-0.15, -0.1) is 11.3 Å². The fourth-order valence-corrected chi connectivity index (χ4v) is 4.05. The van der Waals surface area contributed by atoms with Crippen molar-refractivity contribution in [2.24, 2.45) is 11.7 Å². The van der Waals surface area contributed by atoms with Crippen LogP contribution in [0.15, 0.2) is 11.4 Å². The molecule has 2 fully saturated rings. The Morgan fingerprint density at radius 2 is 2.40 bits per heavy atom. The van der Waals surface area contributed by atoms with Gasteiger partial charge in [0.05, 0.1) is 17.2 Å². The van der Waals surface area contributed by atoms with Crippen molar-refractivity contribution >= 4 is 22.9 Å². The van der Waals surface area contributed by atoms with E-state index in [-0.39, 0.29) is 6.04 Å². The minimum atomic E-state index is 0.0628. The molecule has 2 nitrogen and oxygen atoms in total. The molecular weight excluding hydrogens is 230 g/mol. The highest BCUT2D eigenvalue weighted by molar-refractivity contribution is 7.10. The number of nitrogens with two attached hydrogens (primary N) is 1. The van der Waals surface area contributed by atoms with Gasteiger partial charge in [0.15, 0.2) is 0 Å². The highest BCUT2D eigenvalue weighted by Crippen LogP contribution is 2.45. The summed E-state index contributed by atoms with van der Waals surface area (Å²) >= 11 is 7.76. The lowest BCUT2D eigenvalue weighted by Gasteiger charge is -2.24. The summed E-state index contributed by atoms with van der Waals surface area (Å²) in [6.45, 7) is 0. The lowest BCUT2D eigenvalue weighted by Crippen LogP contribution is -2.28. The van der Waals surface area contributed by atoms with E-state index in [9.17, 15) is 0 Å². The van der Waals surface area contributed by atoms with Crippen LogP contribution in [0.5, 0.6) is 0 Å². The number of fused-ring (bicyclic) bond motifs is 2. The van der Waals surface area contributed by atoms with Gasteiger partial charge in [-0.25, -0.2) is 0 Å². The van der Waals surface area contributed by atoms with Gasteiger partial charge < -0.3 is 10.5 Å². The average Bonchev–Trinajstić information content (AvgIpc) is 2.91. The molecule has 2 aliphatic heterocycles. The number of hydrogen-bond acceptors (Lipinski definition) is 3. The number of halogens is 1. The third-order valence-electron chi connectivity index (χ3n) is 3.56. The second-order valence-corrected chi connectivity index (χ2v) is 5.79. The van der Waals surface area contributed by atoms with Gasteiger partial charge in [-0.05, 0) is 30.7 Å². The van der Waals surface area contributed by atoms with Gasteiger partial charge in [0.25, 0.3) is 0 Å². The Kier molecular flexibility index (Phi) is 2.51. The van der Waals surface area contributed by atoms with Crippen LogP contribution < -0.4 is 5.73 Å². The van der Waals surface area contributed by atoms with Gasteiger partial charge in [0.2, 0.25) is 0 Å². The van der Waals surface area contributed by atoms with Gasteiger partial charge in [0.1, 0.15) is 0 Å². The molecule has 0 spiro atoms. The van der Waals surface area contributed by atoms with Crippen LogP contribution in [0.3, 0.4) is 0 Å². The summed E-state index contributed by atoms with van der Waals surface area (Å²) in [4.78, 5) is 1.12. The Balaban J connectivity index is 1.81. The summed E-state index contributed by atoms with van der Waals surface area (Å²) in [5.74, 6) is 0.472. The van der Waals surface area contributed by atoms with Crippen LogP contribution in [0.4, 0.5) is 0 Å². The lowest BCUT2D eigenvalue weighted by molar-refractivity contribution is 0.0887. The van der Waals surface area contributed by atoms with E-state index in [1.54, 1.807) is 11.3 Å². The largest absolute Gasteiger partial charge is 0.375 e. The van der Waals surface area contributed by atoms with E-state index >= 15 is 0 Å². The maximum absolute atomic E-state index is 6.28. The van der Waals surface area contributed by atoms with Gasteiger partial charge in [0, 0.05) is 16.8 Å². The van der Waals surface area contributed by atoms with E-state index in [0.717, 1.165) is 16.3 Å². The van der Waals surface area contributed by atoms with E-state index in [0.29, 0.717) is 18.1 Å². The second kappa shape index (κ2) is 3.74. The van der Waals surface area contributed by atoms with Crippen LogP contribution in [-0.4, -0.2) is 12.2 Å². The molecule has 2 bridgehead atoms. The predicted molar refractivity (Wildman–Crippen MR) is 62.3 cm³/mol. The molecule has 0 saturated carbocycles. The second-order valence-electron chi connectivity index (χ2n) is 4.43. The van der Waals surface area contributed by atoms with Crippen molar-refractivity contribution in [2.45, 2.75) is 37.5 Å². The SMILES string of the molecule is NC(c1sccc1Cl)C1CC2CCC1O2. The Bertz CT molecular complexity index is 367. The molecule has 2 aliphatic rings. The summed E-state index contributed by atoms with van der Waals surface area (Å²) in [5, 5.41) is 2.82. The molecular formula is C11H14ClNOS. The molecule has 0 aromatic carbocycles. The summed E-state index contributed by atoms with van der Waals surface area (Å²) in [5.41, 5.74) is 6.28. The standard InChI is InChI=1S/C11H14ClNOS/c12-8-3-4-15-11(8)10(13)7-5-6-1-2-9(7)14-6/h3-4,6-7,9-10H,1-2,5,13H2. The van der Waals surface area contributed by atoms with Crippen LogP contribution in [0.25, 0.3) is 0 Å². The number of ether oxygens (including phenoxy) is 1. The Morgan fingerprint density at radius 1 is 1.53 bits per heavy atom. The van der Waals surface area contributed by atoms with E-state index in [2.05, 4.69) is 0 Å². The van der Waals surface area contributed by atoms with Gasteiger partial charge in [-0.3, -0.25) is 0 Å². The van der Waals surface area contributed by atoms with E-state index < -0.39 is 0 Å². The minimum absolute atomic E-state index is 0.0628. The minimum Gasteiger partial charge on any atom is -0.375 e. The summed E-state index contributed by atoms with van der Waals surface area (Å²) in [7, 11) is 0. The lowest BCUT2D eigenvalue weighted by atomic mass is 9.83. The first-order valence-corrected chi connectivity index (χ1v) is 6.65. The molecule has 0 amide bonds. The van der Waals surface area contributed by atoms with Crippen molar-refractivity contribution in [1.82, 2.24) is 0 Å². The van der Waals surface area contributed by atoms with E-state index in [1.165, 1.54) is 12.8 Å². The molecule has 0 radical (unpaired) electrons. The topological polar surface area (TPSA) is 35.2 Å². The fraction of sp³-hybridized carbons (Fsp3) is 0.636. The molecule has 4 heteroatoms. The molecule has 0 aliphatic carbocycles. The van der Waals surface area contributed by atoms with E-state index in [1.807, 2.05) is 11.4 Å². The zero-order valence-electron chi connectivity index (χ0n) is 8.36. The van der Waals surface area contributed by atoms with Crippen molar-refractivity contribution < 1.29 is 4.74 Å². The summed E-state index contributed by atoms with van der Waals surface area (Å²) < 4.78 is 5.83. The van der Waals surface area contributed by atoms with Crippen molar-refractivity contribution in [2.75, 3.05) is 0 Å². The molecule has 4 unspecified atom stereocenters. The molecule has 1 aromatic heterocycles. The number of thiophene rings is 1. The normalized spacial score (nSPS) is 36.0. The molecule has 1 aromatic rings. The maximum Gasteiger partial charge on any atom is 0.0627 e. The first kappa shape index (κ1) is 10.1. The maximum atomic E-state index is 6.28. The molecule has 4 atom stereocenters. The Hall–Kier alpha value is -0.0900. The molecule has 82 valence electrons. The Morgan fingerprint density at radius 3 is 2.93 bits per heavy atom. The molecule has 3 rings (SSSR count). The highest BCUT2D eigenvalue weighted by atomic mass is 35.5. The van der Waals surface area contributed by atoms with Crippen LogP contribution in [0.1, 0.15) is 30.2 Å². The molecule has 3 heterocycles.